The van der Waals surface area contributed by atoms with Crippen LogP contribution in [0.2, 0.25) is 0 Å². The average Bonchev–Trinajstić information content (AvgIpc) is 3.35. The predicted octanol–water partition coefficient (Wildman–Crippen LogP) is 5.93. The number of furan rings is 1. The van der Waals surface area contributed by atoms with Gasteiger partial charge in [0.1, 0.15) is 12.4 Å². The molecule has 5 nitrogen and oxygen atoms in total. The molecular weight excluding hydrogens is 400 g/mol. The molecule has 32 heavy (non-hydrogen) atoms. The molecule has 0 saturated carbocycles. The molecule has 5 heteroatoms. The predicted molar refractivity (Wildman–Crippen MR) is 122 cm³/mol. The smallest absolute Gasteiger partial charge is 0.339 e. The van der Waals surface area contributed by atoms with Crippen molar-refractivity contribution in [1.29, 1.82) is 5.26 Å². The molecular formula is C27H20N2O3. The monoisotopic (exact) mass is 420 g/mol. The quantitative estimate of drug-likeness (QED) is 0.382. The van der Waals surface area contributed by atoms with E-state index >= 15 is 0 Å². The lowest BCUT2D eigenvalue weighted by molar-refractivity contribution is 0.0473. The summed E-state index contributed by atoms with van der Waals surface area (Å²) in [4.78, 5) is 18.2. The Morgan fingerprint density at radius 2 is 1.94 bits per heavy atom. The third kappa shape index (κ3) is 3.79. The van der Waals surface area contributed by atoms with Gasteiger partial charge in [0, 0.05) is 5.39 Å². The Morgan fingerprint density at radius 1 is 1.09 bits per heavy atom. The van der Waals surface area contributed by atoms with E-state index in [1.165, 1.54) is 0 Å². The average molecular weight is 420 g/mol. The second-order valence-electron chi connectivity index (χ2n) is 7.75. The SMILES string of the molecule is N#Cc1ccc(COC(=O)c2c3c(nc4ccccc24)C(=Cc2ccco2)CCC3)cc1. The second-order valence-corrected chi connectivity index (χ2v) is 7.75. The number of allylic oxidation sites excluding steroid dienone is 1. The molecule has 156 valence electrons. The summed E-state index contributed by atoms with van der Waals surface area (Å²) in [6, 6.07) is 20.6. The first-order valence-electron chi connectivity index (χ1n) is 10.5. The van der Waals surface area contributed by atoms with Gasteiger partial charge in [0.25, 0.3) is 0 Å². The zero-order valence-electron chi connectivity index (χ0n) is 17.4. The molecule has 0 spiro atoms. The number of carbonyl (C=O) groups excluding carboxylic acids is 1. The van der Waals surface area contributed by atoms with Crippen molar-refractivity contribution in [1.82, 2.24) is 4.98 Å². The molecule has 0 aliphatic heterocycles. The first-order chi connectivity index (χ1) is 15.7. The van der Waals surface area contributed by atoms with Crippen LogP contribution in [0.4, 0.5) is 0 Å². The molecule has 5 rings (SSSR count). The Morgan fingerprint density at radius 3 is 2.72 bits per heavy atom. The summed E-state index contributed by atoms with van der Waals surface area (Å²) >= 11 is 0. The standard InChI is InChI=1S/C27H20N2O3/c28-16-18-10-12-19(13-11-18)17-32-27(30)25-22-7-1-2-9-24(22)29-26-20(5-3-8-23(25)26)15-21-6-4-14-31-21/h1-2,4,6-7,9-15H,3,5,8,17H2. The zero-order chi connectivity index (χ0) is 21.9. The topological polar surface area (TPSA) is 76.1 Å². The summed E-state index contributed by atoms with van der Waals surface area (Å²) in [6.45, 7) is 0.144. The molecule has 0 atom stereocenters. The number of pyridine rings is 1. The minimum atomic E-state index is -0.358. The van der Waals surface area contributed by atoms with Gasteiger partial charge < -0.3 is 9.15 Å². The lowest BCUT2D eigenvalue weighted by atomic mass is 9.86. The van der Waals surface area contributed by atoms with Crippen LogP contribution in [0.3, 0.4) is 0 Å². The van der Waals surface area contributed by atoms with Gasteiger partial charge in [-0.05, 0) is 72.4 Å². The van der Waals surface area contributed by atoms with E-state index in [2.05, 4.69) is 6.07 Å². The van der Waals surface area contributed by atoms with Crippen LogP contribution in [0.25, 0.3) is 22.6 Å². The summed E-state index contributed by atoms with van der Waals surface area (Å²) in [7, 11) is 0. The number of rotatable bonds is 4. The van der Waals surface area contributed by atoms with Gasteiger partial charge in [0.05, 0.1) is 34.7 Å². The molecule has 2 aromatic heterocycles. The van der Waals surface area contributed by atoms with E-state index in [-0.39, 0.29) is 12.6 Å². The maximum absolute atomic E-state index is 13.3. The lowest BCUT2D eigenvalue weighted by Gasteiger charge is -2.22. The first kappa shape index (κ1) is 19.8. The van der Waals surface area contributed by atoms with Crippen molar-refractivity contribution in [2.75, 3.05) is 0 Å². The van der Waals surface area contributed by atoms with Crippen LogP contribution >= 0.6 is 0 Å². The number of nitrogens with zero attached hydrogens (tertiary/aromatic N) is 2. The maximum Gasteiger partial charge on any atom is 0.339 e. The van der Waals surface area contributed by atoms with Gasteiger partial charge in [0.2, 0.25) is 0 Å². The number of fused-ring (bicyclic) bond motifs is 2. The molecule has 1 aliphatic carbocycles. The number of esters is 1. The van der Waals surface area contributed by atoms with Crippen molar-refractivity contribution in [3.63, 3.8) is 0 Å². The Kier molecular flexibility index (Phi) is 5.27. The van der Waals surface area contributed by atoms with Gasteiger partial charge in [-0.3, -0.25) is 0 Å². The third-order valence-electron chi connectivity index (χ3n) is 5.69. The molecule has 4 aromatic rings. The molecule has 2 heterocycles. The molecule has 0 bridgehead atoms. The second kappa shape index (κ2) is 8.52. The van der Waals surface area contributed by atoms with Crippen molar-refractivity contribution >= 4 is 28.5 Å². The highest BCUT2D eigenvalue weighted by atomic mass is 16.5. The van der Waals surface area contributed by atoms with E-state index in [0.717, 1.165) is 58.3 Å². The van der Waals surface area contributed by atoms with Crippen LogP contribution in [-0.4, -0.2) is 11.0 Å². The molecule has 0 N–H and O–H groups in total. The largest absolute Gasteiger partial charge is 0.465 e. The van der Waals surface area contributed by atoms with E-state index in [1.807, 2.05) is 42.5 Å². The fraction of sp³-hybridized carbons (Fsp3) is 0.148. The number of benzene rings is 2. The minimum Gasteiger partial charge on any atom is -0.465 e. The summed E-state index contributed by atoms with van der Waals surface area (Å²) in [5.74, 6) is 0.413. The van der Waals surface area contributed by atoms with E-state index < -0.39 is 0 Å². The van der Waals surface area contributed by atoms with Crippen LogP contribution in [0.15, 0.2) is 71.3 Å². The maximum atomic E-state index is 13.3. The number of carbonyl (C=O) groups is 1. The van der Waals surface area contributed by atoms with Crippen molar-refractivity contribution < 1.29 is 13.9 Å². The summed E-state index contributed by atoms with van der Waals surface area (Å²) in [5.41, 5.74) is 5.60. The molecule has 0 saturated heterocycles. The lowest BCUT2D eigenvalue weighted by Crippen LogP contribution is -2.15. The van der Waals surface area contributed by atoms with Crippen molar-refractivity contribution in [3.05, 3.63) is 101 Å². The van der Waals surface area contributed by atoms with Gasteiger partial charge in [-0.15, -0.1) is 0 Å². The van der Waals surface area contributed by atoms with Crippen LogP contribution in [0.5, 0.6) is 0 Å². The molecule has 0 amide bonds. The summed E-state index contributed by atoms with van der Waals surface area (Å²) in [5, 5.41) is 9.76. The number of hydrogen-bond donors (Lipinski definition) is 0. The number of para-hydroxylation sites is 1. The fourth-order valence-electron chi connectivity index (χ4n) is 4.15. The zero-order valence-corrected chi connectivity index (χ0v) is 17.4. The third-order valence-corrected chi connectivity index (χ3v) is 5.69. The Hall–Kier alpha value is -4.17. The van der Waals surface area contributed by atoms with E-state index in [4.69, 9.17) is 19.4 Å². The van der Waals surface area contributed by atoms with Crippen LogP contribution in [0.1, 0.15) is 51.3 Å². The summed E-state index contributed by atoms with van der Waals surface area (Å²) < 4.78 is 11.2. The van der Waals surface area contributed by atoms with Crippen molar-refractivity contribution in [2.24, 2.45) is 0 Å². The number of aromatic nitrogens is 1. The van der Waals surface area contributed by atoms with Crippen molar-refractivity contribution in [2.45, 2.75) is 25.9 Å². The van der Waals surface area contributed by atoms with Gasteiger partial charge in [0.15, 0.2) is 0 Å². The van der Waals surface area contributed by atoms with Gasteiger partial charge >= 0.3 is 5.97 Å². The highest BCUT2D eigenvalue weighted by molar-refractivity contribution is 6.06. The van der Waals surface area contributed by atoms with Crippen molar-refractivity contribution in [3.8, 4) is 6.07 Å². The number of nitriles is 1. The molecule has 2 aromatic carbocycles. The summed E-state index contributed by atoms with van der Waals surface area (Å²) in [6.07, 6.45) is 6.22. The van der Waals surface area contributed by atoms with Crippen LogP contribution in [0, 0.1) is 11.3 Å². The Labute approximate surface area is 185 Å². The van der Waals surface area contributed by atoms with Crippen LogP contribution in [-0.2, 0) is 17.8 Å². The Balaban J connectivity index is 1.54. The van der Waals surface area contributed by atoms with Crippen LogP contribution < -0.4 is 0 Å². The van der Waals surface area contributed by atoms with E-state index in [0.29, 0.717) is 11.1 Å². The van der Waals surface area contributed by atoms with Gasteiger partial charge in [-0.2, -0.15) is 5.26 Å². The normalized spacial score (nSPS) is 14.2. The highest BCUT2D eigenvalue weighted by Gasteiger charge is 2.26. The van der Waals surface area contributed by atoms with Gasteiger partial charge in [-0.1, -0.05) is 30.3 Å². The number of hydrogen-bond acceptors (Lipinski definition) is 5. The molecule has 0 fully saturated rings. The molecule has 1 aliphatic rings. The van der Waals surface area contributed by atoms with Gasteiger partial charge in [-0.25, -0.2) is 9.78 Å². The molecule has 0 radical (unpaired) electrons. The Bertz CT molecular complexity index is 1360. The molecule has 0 unspecified atom stereocenters. The highest BCUT2D eigenvalue weighted by Crippen LogP contribution is 2.36. The van der Waals surface area contributed by atoms with E-state index in [1.54, 1.807) is 30.5 Å². The number of ether oxygens (including phenoxy) is 1. The first-order valence-corrected chi connectivity index (χ1v) is 10.5. The fourth-order valence-corrected chi connectivity index (χ4v) is 4.15. The van der Waals surface area contributed by atoms with E-state index in [9.17, 15) is 4.79 Å². The minimum absolute atomic E-state index is 0.144.